The van der Waals surface area contributed by atoms with Gasteiger partial charge in [0.2, 0.25) is 0 Å². The van der Waals surface area contributed by atoms with Gasteiger partial charge in [-0.25, -0.2) is 0 Å². The van der Waals surface area contributed by atoms with Crippen LogP contribution in [0.25, 0.3) is 0 Å². The van der Waals surface area contributed by atoms with Crippen molar-refractivity contribution in [2.45, 2.75) is 45.3 Å². The Morgan fingerprint density at radius 1 is 1.52 bits per heavy atom. The molecule has 116 valence electrons. The molecule has 0 aromatic carbocycles. The van der Waals surface area contributed by atoms with E-state index >= 15 is 0 Å². The summed E-state index contributed by atoms with van der Waals surface area (Å²) in [4.78, 5) is 22.3. The van der Waals surface area contributed by atoms with Crippen LogP contribution < -0.4 is 5.32 Å². The lowest BCUT2D eigenvalue weighted by atomic mass is 9.89. The monoisotopic (exact) mass is 295 g/mol. The largest absolute Gasteiger partial charge is 0.480 e. The zero-order valence-corrected chi connectivity index (χ0v) is 12.1. The van der Waals surface area contributed by atoms with Crippen LogP contribution >= 0.6 is 0 Å². The van der Waals surface area contributed by atoms with E-state index in [1.54, 1.807) is 6.07 Å². The van der Waals surface area contributed by atoms with Gasteiger partial charge >= 0.3 is 5.97 Å². The number of amides is 1. The summed E-state index contributed by atoms with van der Waals surface area (Å²) in [7, 11) is 0. The molecule has 1 amide bonds. The van der Waals surface area contributed by atoms with Gasteiger partial charge in [0.1, 0.15) is 13.2 Å². The van der Waals surface area contributed by atoms with Crippen molar-refractivity contribution in [2.75, 3.05) is 11.9 Å². The summed E-state index contributed by atoms with van der Waals surface area (Å²) in [5, 5.41) is 15.2. The first-order valence-electron chi connectivity index (χ1n) is 7.19. The molecule has 0 saturated heterocycles. The van der Waals surface area contributed by atoms with Gasteiger partial charge < -0.3 is 15.2 Å². The number of hydrogen-bond donors (Lipinski definition) is 2. The number of nitrogens with zero attached hydrogens (tertiary/aromatic N) is 2. The Balaban J connectivity index is 1.73. The Bertz CT molecular complexity index is 500. The highest BCUT2D eigenvalue weighted by atomic mass is 16.5. The topological polar surface area (TPSA) is 93.5 Å². The second kappa shape index (κ2) is 7.21. The molecule has 1 saturated carbocycles. The van der Waals surface area contributed by atoms with Crippen molar-refractivity contribution in [3.05, 3.63) is 12.3 Å². The third kappa shape index (κ3) is 5.18. The number of ether oxygens (including phenoxy) is 1. The predicted octanol–water partition coefficient (Wildman–Crippen LogP) is 1.50. The Kier molecular flexibility index (Phi) is 5.32. The molecule has 0 aliphatic heterocycles. The summed E-state index contributed by atoms with van der Waals surface area (Å²) in [5.74, 6) is -0.264. The third-order valence-corrected chi connectivity index (χ3v) is 3.54. The van der Waals surface area contributed by atoms with E-state index in [-0.39, 0.29) is 25.2 Å². The van der Waals surface area contributed by atoms with Crippen molar-refractivity contribution in [1.29, 1.82) is 0 Å². The molecule has 1 aromatic heterocycles. The van der Waals surface area contributed by atoms with Crippen molar-refractivity contribution in [3.8, 4) is 0 Å². The molecule has 2 atom stereocenters. The molecular formula is C14H21N3O4. The zero-order valence-electron chi connectivity index (χ0n) is 12.1. The van der Waals surface area contributed by atoms with E-state index < -0.39 is 5.97 Å². The normalized spacial score (nSPS) is 22.0. The van der Waals surface area contributed by atoms with Crippen molar-refractivity contribution in [2.24, 2.45) is 5.92 Å². The third-order valence-electron chi connectivity index (χ3n) is 3.54. The maximum atomic E-state index is 11.8. The summed E-state index contributed by atoms with van der Waals surface area (Å²) >= 11 is 0. The summed E-state index contributed by atoms with van der Waals surface area (Å²) in [5.41, 5.74) is 0. The smallest absolute Gasteiger partial charge is 0.325 e. The van der Waals surface area contributed by atoms with Gasteiger partial charge in [0.05, 0.1) is 6.10 Å². The van der Waals surface area contributed by atoms with E-state index in [0.29, 0.717) is 11.7 Å². The highest BCUT2D eigenvalue weighted by Gasteiger charge is 2.20. The summed E-state index contributed by atoms with van der Waals surface area (Å²) < 4.78 is 6.87. The van der Waals surface area contributed by atoms with Crippen LogP contribution in [-0.2, 0) is 20.9 Å². The average molecular weight is 295 g/mol. The first-order chi connectivity index (χ1) is 10.0. The Hall–Kier alpha value is -1.89. The van der Waals surface area contributed by atoms with Gasteiger partial charge in [0.25, 0.3) is 5.91 Å². The van der Waals surface area contributed by atoms with Gasteiger partial charge in [-0.15, -0.1) is 0 Å². The second-order valence-electron chi connectivity index (χ2n) is 5.55. The fraction of sp³-hybridized carbons (Fsp3) is 0.643. The molecule has 1 aromatic rings. The lowest BCUT2D eigenvalue weighted by molar-refractivity contribution is -0.137. The van der Waals surface area contributed by atoms with E-state index in [9.17, 15) is 9.59 Å². The molecule has 1 fully saturated rings. The molecule has 1 heterocycles. The molecule has 2 rings (SSSR count). The van der Waals surface area contributed by atoms with E-state index in [0.717, 1.165) is 19.3 Å². The predicted molar refractivity (Wildman–Crippen MR) is 75.9 cm³/mol. The highest BCUT2D eigenvalue weighted by Crippen LogP contribution is 2.25. The fourth-order valence-electron chi connectivity index (χ4n) is 2.56. The molecule has 7 nitrogen and oxygen atoms in total. The lowest BCUT2D eigenvalue weighted by Crippen LogP contribution is -2.27. The van der Waals surface area contributed by atoms with Crippen LogP contribution in [-0.4, -0.2) is 39.5 Å². The van der Waals surface area contributed by atoms with Gasteiger partial charge in [-0.05, 0) is 18.8 Å². The first-order valence-corrected chi connectivity index (χ1v) is 7.19. The molecule has 1 aliphatic carbocycles. The van der Waals surface area contributed by atoms with Crippen LogP contribution in [0.1, 0.15) is 32.6 Å². The number of rotatable bonds is 6. The molecule has 21 heavy (non-hydrogen) atoms. The van der Waals surface area contributed by atoms with E-state index in [1.165, 1.54) is 17.3 Å². The number of carbonyl (C=O) groups is 2. The minimum Gasteiger partial charge on any atom is -0.480 e. The number of carboxylic acids is 1. The van der Waals surface area contributed by atoms with Crippen LogP contribution in [0.4, 0.5) is 5.82 Å². The molecule has 2 N–H and O–H groups in total. The van der Waals surface area contributed by atoms with Crippen molar-refractivity contribution in [3.63, 3.8) is 0 Å². The molecule has 0 unspecified atom stereocenters. The molecule has 0 bridgehead atoms. The quantitative estimate of drug-likeness (QED) is 0.829. The standard InChI is InChI=1S/C14H21N3O4/c1-10-3-2-4-11(7-10)21-9-13(18)15-12-5-6-17(16-12)8-14(19)20/h5-6,10-11H,2-4,7-9H2,1H3,(H,19,20)(H,15,16,18)/t10-,11+/m1/s1. The zero-order chi connectivity index (χ0) is 15.2. The first kappa shape index (κ1) is 15.5. The number of anilines is 1. The SMILES string of the molecule is C[C@@H]1CCC[C@H](OCC(=O)Nc2ccn(CC(=O)O)n2)C1. The maximum Gasteiger partial charge on any atom is 0.325 e. The lowest BCUT2D eigenvalue weighted by Gasteiger charge is -2.26. The van der Waals surface area contributed by atoms with Crippen LogP contribution in [0, 0.1) is 5.92 Å². The summed E-state index contributed by atoms with van der Waals surface area (Å²) in [6.45, 7) is 1.97. The molecule has 0 radical (unpaired) electrons. The summed E-state index contributed by atoms with van der Waals surface area (Å²) in [6, 6.07) is 1.56. The number of nitrogens with one attached hydrogen (secondary N) is 1. The van der Waals surface area contributed by atoms with Crippen LogP contribution in [0.3, 0.4) is 0 Å². The molecule has 1 aliphatic rings. The van der Waals surface area contributed by atoms with Crippen LogP contribution in [0.2, 0.25) is 0 Å². The second-order valence-corrected chi connectivity index (χ2v) is 5.55. The van der Waals surface area contributed by atoms with Crippen molar-refractivity contribution >= 4 is 17.7 Å². The Morgan fingerprint density at radius 2 is 2.33 bits per heavy atom. The van der Waals surface area contributed by atoms with E-state index in [2.05, 4.69) is 17.3 Å². The van der Waals surface area contributed by atoms with Gasteiger partial charge in [0.15, 0.2) is 5.82 Å². The van der Waals surface area contributed by atoms with Crippen molar-refractivity contribution in [1.82, 2.24) is 9.78 Å². The van der Waals surface area contributed by atoms with E-state index in [1.807, 2.05) is 0 Å². The maximum absolute atomic E-state index is 11.8. The van der Waals surface area contributed by atoms with Crippen LogP contribution in [0.15, 0.2) is 12.3 Å². The van der Waals surface area contributed by atoms with Gasteiger partial charge in [-0.1, -0.05) is 19.8 Å². The van der Waals surface area contributed by atoms with Crippen molar-refractivity contribution < 1.29 is 19.4 Å². The van der Waals surface area contributed by atoms with Crippen LogP contribution in [0.5, 0.6) is 0 Å². The molecule has 0 spiro atoms. The van der Waals surface area contributed by atoms with Gasteiger partial charge in [-0.3, -0.25) is 14.3 Å². The number of aromatic nitrogens is 2. The van der Waals surface area contributed by atoms with Gasteiger partial charge in [-0.2, -0.15) is 5.10 Å². The minimum atomic E-state index is -0.981. The Labute approximate surface area is 123 Å². The van der Waals surface area contributed by atoms with Gasteiger partial charge in [0, 0.05) is 12.3 Å². The number of carboxylic acid groups (broad SMARTS) is 1. The minimum absolute atomic E-state index is 0.00315. The molecular weight excluding hydrogens is 274 g/mol. The number of carbonyl (C=O) groups excluding carboxylic acids is 1. The number of hydrogen-bond acceptors (Lipinski definition) is 4. The fourth-order valence-corrected chi connectivity index (χ4v) is 2.56. The van der Waals surface area contributed by atoms with E-state index in [4.69, 9.17) is 9.84 Å². The Morgan fingerprint density at radius 3 is 3.05 bits per heavy atom. The highest BCUT2D eigenvalue weighted by molar-refractivity contribution is 5.90. The number of aliphatic carboxylic acids is 1. The molecule has 7 heteroatoms. The summed E-state index contributed by atoms with van der Waals surface area (Å²) in [6.07, 6.45) is 6.04. The average Bonchev–Trinajstić information content (AvgIpc) is 2.83.